The summed E-state index contributed by atoms with van der Waals surface area (Å²) >= 11 is 3.58. The Bertz CT molecular complexity index is 2470. The number of nitrogens with zero attached hydrogens (tertiary/aromatic N) is 7. The number of aryl methyl sites for hydroxylation is 1. The number of piperazine rings is 1. The maximum Gasteiger partial charge on any atom is 0.234 e. The number of hydrogen-bond acceptors (Lipinski definition) is 13. The molecule has 0 aliphatic carbocycles. The average molecular weight is 956 g/mol. The van der Waals surface area contributed by atoms with Gasteiger partial charge in [-0.15, -0.1) is 0 Å². The molecule has 2 amide bonds. The summed E-state index contributed by atoms with van der Waals surface area (Å²) in [6.45, 7) is 12.3. The molecule has 0 radical (unpaired) electrons. The van der Waals surface area contributed by atoms with Crippen molar-refractivity contribution in [3.05, 3.63) is 82.0 Å². The molecular weight excluding hydrogens is 897 g/mol. The van der Waals surface area contributed by atoms with Crippen molar-refractivity contribution in [2.45, 2.75) is 63.8 Å². The molecule has 0 spiro atoms. The van der Waals surface area contributed by atoms with Crippen molar-refractivity contribution in [1.29, 1.82) is 0 Å². The topological polar surface area (TPSA) is 156 Å². The van der Waals surface area contributed by atoms with E-state index in [0.717, 1.165) is 87.6 Å². The Morgan fingerprint density at radius 3 is 2.28 bits per heavy atom. The van der Waals surface area contributed by atoms with Crippen molar-refractivity contribution < 1.29 is 22.7 Å². The largest absolute Gasteiger partial charge is 0.494 e. The number of carbonyl (C=O) groups excluding carboxylic acids is 2. The van der Waals surface area contributed by atoms with E-state index in [1.54, 1.807) is 13.3 Å². The minimum atomic E-state index is -3.44. The maximum atomic E-state index is 12.6. The molecule has 340 valence electrons. The van der Waals surface area contributed by atoms with Crippen molar-refractivity contribution in [2.24, 2.45) is 5.92 Å². The van der Waals surface area contributed by atoms with Crippen molar-refractivity contribution in [1.82, 2.24) is 25.1 Å². The Morgan fingerprint density at radius 1 is 0.844 bits per heavy atom. The predicted octanol–water partition coefficient (Wildman–Crippen LogP) is 6.39. The van der Waals surface area contributed by atoms with Crippen LogP contribution in [0.15, 0.2) is 65.3 Å². The van der Waals surface area contributed by atoms with Crippen LogP contribution >= 0.6 is 15.9 Å². The third-order valence-electron chi connectivity index (χ3n) is 13.9. The molecule has 1 atom stereocenters. The number of sulfonamides is 1. The highest BCUT2D eigenvalue weighted by Crippen LogP contribution is 2.40. The first kappa shape index (κ1) is 44.2. The van der Waals surface area contributed by atoms with Gasteiger partial charge < -0.3 is 30.1 Å². The number of aromatic nitrogens is 2. The van der Waals surface area contributed by atoms with Crippen molar-refractivity contribution in [3.63, 3.8) is 0 Å². The SMILES string of the molecule is COc1cc(N2CCC(N3CCN(CC4CCN(c5ccc(C6CCC(=O)NC6=O)cc5)CC4)CC3)CC2)c(C)cc1Nc1ncc(Br)c(Nc2cccc3c2N(S(C)(=O)=O)CC3)n1. The predicted molar refractivity (Wildman–Crippen MR) is 256 cm³/mol. The smallest absolute Gasteiger partial charge is 0.234 e. The highest BCUT2D eigenvalue weighted by Gasteiger charge is 2.32. The molecule has 0 bridgehead atoms. The maximum absolute atomic E-state index is 12.6. The summed E-state index contributed by atoms with van der Waals surface area (Å²) in [4.78, 5) is 43.6. The molecule has 15 nitrogen and oxygen atoms in total. The standard InChI is InChI=1S/C47H59BrN10O5S/c1-31-27-40(51-47-49-29-38(48)45(53-47)50-39-6-4-5-34-15-22-58(44(34)39)64(3,61)62)42(63-2)28-41(31)57-20-16-36(17-21-57)56-25-23-54(24-26-56)30-32-13-18-55(19-14-32)35-9-7-33(8-10-35)37-11-12-43(59)52-46(37)60/h4-10,27-29,32,36-37H,11-26,30H2,1-3H3,(H,52,59,60)(H2,49,50,51,53). The third kappa shape index (κ3) is 9.68. The van der Waals surface area contributed by atoms with Gasteiger partial charge in [0.25, 0.3) is 0 Å². The van der Waals surface area contributed by atoms with Crippen LogP contribution in [0.3, 0.4) is 0 Å². The number of anilines is 7. The summed E-state index contributed by atoms with van der Waals surface area (Å²) < 4.78 is 33.2. The number of amides is 2. The first-order valence-corrected chi connectivity index (χ1v) is 25.3. The quantitative estimate of drug-likeness (QED) is 0.135. The minimum absolute atomic E-state index is 0.174. The number of benzene rings is 3. The number of ether oxygens (including phenoxy) is 1. The number of rotatable bonds is 12. The summed E-state index contributed by atoms with van der Waals surface area (Å²) in [7, 11) is -1.75. The highest BCUT2D eigenvalue weighted by atomic mass is 79.9. The molecule has 4 aromatic rings. The summed E-state index contributed by atoms with van der Waals surface area (Å²) in [6.07, 6.45) is 9.18. The van der Waals surface area contributed by atoms with Crippen LogP contribution in [0.2, 0.25) is 0 Å². The van der Waals surface area contributed by atoms with Gasteiger partial charge in [-0.25, -0.2) is 13.4 Å². The van der Waals surface area contributed by atoms with E-state index in [1.807, 2.05) is 18.2 Å². The number of hydrogen-bond donors (Lipinski definition) is 3. The molecule has 17 heteroatoms. The fourth-order valence-corrected chi connectivity index (χ4v) is 11.6. The fraction of sp³-hybridized carbons (Fsp3) is 0.489. The molecule has 64 heavy (non-hydrogen) atoms. The molecule has 5 aliphatic heterocycles. The molecule has 1 aromatic heterocycles. The van der Waals surface area contributed by atoms with Crippen LogP contribution in [0.4, 0.5) is 40.2 Å². The molecule has 9 rings (SSSR count). The number of carbonyl (C=O) groups is 2. The van der Waals surface area contributed by atoms with Gasteiger partial charge in [-0.1, -0.05) is 24.3 Å². The van der Waals surface area contributed by atoms with Crippen LogP contribution in [0, 0.1) is 12.8 Å². The Kier molecular flexibility index (Phi) is 13.0. The number of piperidine rings is 3. The van der Waals surface area contributed by atoms with Crippen molar-refractivity contribution in [2.75, 3.05) is 104 Å². The number of halogens is 1. The number of fused-ring (bicyclic) bond motifs is 1. The van der Waals surface area contributed by atoms with Gasteiger partial charge in [0.1, 0.15) is 11.6 Å². The van der Waals surface area contributed by atoms with E-state index >= 15 is 0 Å². The Morgan fingerprint density at radius 2 is 1.58 bits per heavy atom. The molecule has 0 saturated carbocycles. The average Bonchev–Trinajstić information content (AvgIpc) is 3.75. The van der Waals surface area contributed by atoms with Crippen LogP contribution < -0.4 is 34.8 Å². The van der Waals surface area contributed by atoms with E-state index < -0.39 is 10.0 Å². The van der Waals surface area contributed by atoms with Gasteiger partial charge in [-0.2, -0.15) is 4.98 Å². The van der Waals surface area contributed by atoms with Gasteiger partial charge in [-0.05, 0) is 108 Å². The Balaban J connectivity index is 0.742. The first-order chi connectivity index (χ1) is 30.9. The highest BCUT2D eigenvalue weighted by molar-refractivity contribution is 9.10. The number of nitrogens with one attached hydrogen (secondary N) is 3. The Hall–Kier alpha value is -4.97. The monoisotopic (exact) mass is 954 g/mol. The number of imide groups is 1. The Labute approximate surface area is 385 Å². The summed E-state index contributed by atoms with van der Waals surface area (Å²) in [5.74, 6) is 1.71. The summed E-state index contributed by atoms with van der Waals surface area (Å²) in [6, 6.07) is 19.0. The molecule has 4 saturated heterocycles. The molecule has 5 aliphatic rings. The molecule has 3 aromatic carbocycles. The lowest BCUT2D eigenvalue weighted by Gasteiger charge is -2.44. The van der Waals surface area contributed by atoms with E-state index in [4.69, 9.17) is 9.72 Å². The van der Waals surface area contributed by atoms with Crippen LogP contribution in [0.25, 0.3) is 0 Å². The van der Waals surface area contributed by atoms with Crippen LogP contribution in [-0.4, -0.2) is 125 Å². The van der Waals surface area contributed by atoms with E-state index in [9.17, 15) is 18.0 Å². The third-order valence-corrected chi connectivity index (χ3v) is 15.6. The summed E-state index contributed by atoms with van der Waals surface area (Å²) in [5.41, 5.74) is 7.56. The second-order valence-electron chi connectivity index (χ2n) is 18.0. The fourth-order valence-electron chi connectivity index (χ4n) is 10.4. The second-order valence-corrected chi connectivity index (χ2v) is 20.7. The lowest BCUT2D eigenvalue weighted by molar-refractivity contribution is -0.134. The van der Waals surface area contributed by atoms with Crippen molar-refractivity contribution >= 4 is 78.0 Å². The summed E-state index contributed by atoms with van der Waals surface area (Å²) in [5, 5.41) is 9.20. The van der Waals surface area contributed by atoms with Gasteiger partial charge in [0.05, 0.1) is 40.8 Å². The molecule has 1 unspecified atom stereocenters. The number of methoxy groups -OCH3 is 1. The molecule has 4 fully saturated rings. The van der Waals surface area contributed by atoms with Gasteiger partial charge in [0.15, 0.2) is 0 Å². The van der Waals surface area contributed by atoms with Crippen LogP contribution in [-0.2, 0) is 26.0 Å². The molecule has 3 N–H and O–H groups in total. The van der Waals surface area contributed by atoms with E-state index in [0.29, 0.717) is 71.1 Å². The lowest BCUT2D eigenvalue weighted by Crippen LogP contribution is -2.54. The van der Waals surface area contributed by atoms with Gasteiger partial charge in [0, 0.05) is 102 Å². The molecular formula is C47H59BrN10O5S. The van der Waals surface area contributed by atoms with Crippen LogP contribution in [0.5, 0.6) is 5.75 Å². The second kappa shape index (κ2) is 18.9. The van der Waals surface area contributed by atoms with Gasteiger partial charge in [-0.3, -0.25) is 24.1 Å². The van der Waals surface area contributed by atoms with E-state index in [-0.39, 0.29) is 17.7 Å². The number of para-hydroxylation sites is 1. The van der Waals surface area contributed by atoms with E-state index in [2.05, 4.69) is 99.8 Å². The first-order valence-electron chi connectivity index (χ1n) is 22.6. The normalized spacial score (nSPS) is 20.6. The minimum Gasteiger partial charge on any atom is -0.494 e. The zero-order valence-electron chi connectivity index (χ0n) is 37.0. The zero-order valence-corrected chi connectivity index (χ0v) is 39.4. The van der Waals surface area contributed by atoms with Crippen molar-refractivity contribution in [3.8, 4) is 5.75 Å². The zero-order chi connectivity index (χ0) is 44.5. The van der Waals surface area contributed by atoms with Gasteiger partial charge >= 0.3 is 0 Å². The van der Waals surface area contributed by atoms with E-state index in [1.165, 1.54) is 41.3 Å². The lowest BCUT2D eigenvalue weighted by atomic mass is 9.90. The molecule has 6 heterocycles. The van der Waals surface area contributed by atoms with Crippen LogP contribution in [0.1, 0.15) is 61.1 Å². The van der Waals surface area contributed by atoms with Gasteiger partial charge in [0.2, 0.25) is 27.8 Å².